The first kappa shape index (κ1) is 20.7. The van der Waals surface area contributed by atoms with E-state index in [1.165, 1.54) is 37.8 Å². The number of rotatable bonds is 8. The number of benzene rings is 3. The molecule has 0 aliphatic heterocycles. The molecule has 0 amide bonds. The van der Waals surface area contributed by atoms with Gasteiger partial charge in [-0.3, -0.25) is 0 Å². The summed E-state index contributed by atoms with van der Waals surface area (Å²) in [6, 6.07) is 13.0. The van der Waals surface area contributed by atoms with Crippen LogP contribution in [0.5, 0.6) is 5.75 Å². The zero-order valence-electron chi connectivity index (χ0n) is 17.6. The topological polar surface area (TPSA) is 44.3 Å². The fraction of sp³-hybridized carbons (Fsp3) is 0.308. The molecule has 0 radical (unpaired) electrons. The quantitative estimate of drug-likeness (QED) is 0.339. The van der Waals surface area contributed by atoms with E-state index in [-0.39, 0.29) is 11.1 Å². The van der Waals surface area contributed by atoms with E-state index in [4.69, 9.17) is 0 Å². The molecule has 2 aliphatic carbocycles. The number of anilines is 2. The van der Waals surface area contributed by atoms with Gasteiger partial charge in [-0.1, -0.05) is 24.3 Å². The minimum atomic E-state index is -1.31. The van der Waals surface area contributed by atoms with Crippen molar-refractivity contribution in [3.63, 3.8) is 0 Å². The van der Waals surface area contributed by atoms with Gasteiger partial charge >= 0.3 is 0 Å². The third-order valence-corrected chi connectivity index (χ3v) is 6.23. The summed E-state index contributed by atoms with van der Waals surface area (Å²) in [7, 11) is 0. The second-order valence-corrected chi connectivity index (χ2v) is 8.84. The van der Waals surface area contributed by atoms with Crippen molar-refractivity contribution in [2.24, 2.45) is 11.8 Å². The van der Waals surface area contributed by atoms with Gasteiger partial charge in [0.2, 0.25) is 0 Å². The molecule has 0 aromatic heterocycles. The summed E-state index contributed by atoms with van der Waals surface area (Å²) in [6.45, 7) is 1.73. The van der Waals surface area contributed by atoms with Crippen LogP contribution < -0.4 is 10.6 Å². The van der Waals surface area contributed by atoms with Crippen molar-refractivity contribution >= 4 is 11.4 Å². The molecular formula is C26H25F3N2O. The highest BCUT2D eigenvalue weighted by molar-refractivity contribution is 5.79. The van der Waals surface area contributed by atoms with Gasteiger partial charge < -0.3 is 15.7 Å². The van der Waals surface area contributed by atoms with E-state index in [9.17, 15) is 9.50 Å². The van der Waals surface area contributed by atoms with Crippen LogP contribution >= 0.6 is 0 Å². The molecule has 32 heavy (non-hydrogen) atoms. The predicted molar refractivity (Wildman–Crippen MR) is 121 cm³/mol. The summed E-state index contributed by atoms with van der Waals surface area (Å²) >= 11 is 0. The molecule has 3 aromatic rings. The SMILES string of the molecule is Oc1c(F)c(-c2ccc(NCC3CC3)cc2)c(F)c(F)c1-c1ccc(NCC2CC2)cc1. The van der Waals surface area contributed by atoms with Crippen molar-refractivity contribution in [3.05, 3.63) is 66.0 Å². The van der Waals surface area contributed by atoms with Crippen LogP contribution in [0.1, 0.15) is 25.7 Å². The fourth-order valence-electron chi connectivity index (χ4n) is 3.84. The van der Waals surface area contributed by atoms with Gasteiger partial charge in [-0.25, -0.2) is 13.2 Å². The van der Waals surface area contributed by atoms with E-state index in [1.807, 2.05) is 0 Å². The molecule has 0 bridgehead atoms. The van der Waals surface area contributed by atoms with Gasteiger partial charge in [-0.05, 0) is 72.9 Å². The average Bonchev–Trinajstić information content (AvgIpc) is 3.72. The van der Waals surface area contributed by atoms with Crippen molar-refractivity contribution in [3.8, 4) is 28.0 Å². The monoisotopic (exact) mass is 438 g/mol. The van der Waals surface area contributed by atoms with E-state index in [2.05, 4.69) is 10.6 Å². The molecular weight excluding hydrogens is 413 g/mol. The minimum Gasteiger partial charge on any atom is -0.504 e. The molecule has 0 unspecified atom stereocenters. The Morgan fingerprint density at radius 2 is 1.03 bits per heavy atom. The molecule has 2 fully saturated rings. The summed E-state index contributed by atoms with van der Waals surface area (Å²) < 4.78 is 45.0. The Kier molecular flexibility index (Phi) is 5.45. The van der Waals surface area contributed by atoms with Crippen LogP contribution in [0.25, 0.3) is 22.3 Å². The summed E-state index contributed by atoms with van der Waals surface area (Å²) in [5.41, 5.74) is 1.00. The molecule has 0 saturated heterocycles. The zero-order chi connectivity index (χ0) is 22.2. The average molecular weight is 438 g/mol. The van der Waals surface area contributed by atoms with Crippen LogP contribution in [0, 0.1) is 29.3 Å². The Morgan fingerprint density at radius 3 is 1.47 bits per heavy atom. The van der Waals surface area contributed by atoms with Crippen molar-refractivity contribution in [2.75, 3.05) is 23.7 Å². The maximum Gasteiger partial charge on any atom is 0.176 e. The van der Waals surface area contributed by atoms with Crippen molar-refractivity contribution in [1.29, 1.82) is 0 Å². The first-order valence-corrected chi connectivity index (χ1v) is 11.1. The first-order chi connectivity index (χ1) is 15.5. The predicted octanol–water partition coefficient (Wildman–Crippen LogP) is 6.79. The third-order valence-electron chi connectivity index (χ3n) is 6.23. The Labute approximate surface area is 185 Å². The maximum atomic E-state index is 15.0. The van der Waals surface area contributed by atoms with E-state index in [0.29, 0.717) is 11.8 Å². The van der Waals surface area contributed by atoms with Crippen LogP contribution in [-0.2, 0) is 0 Å². The van der Waals surface area contributed by atoms with E-state index in [1.54, 1.807) is 36.4 Å². The number of aromatic hydroxyl groups is 1. The minimum absolute atomic E-state index is 0.164. The first-order valence-electron chi connectivity index (χ1n) is 11.1. The summed E-state index contributed by atoms with van der Waals surface area (Å²) in [6.07, 6.45) is 4.86. The highest BCUT2D eigenvalue weighted by Crippen LogP contribution is 2.42. The van der Waals surface area contributed by atoms with Crippen LogP contribution in [0.2, 0.25) is 0 Å². The highest BCUT2D eigenvalue weighted by Gasteiger charge is 2.27. The van der Waals surface area contributed by atoms with Gasteiger partial charge in [-0.2, -0.15) is 0 Å². The normalized spacial score (nSPS) is 15.6. The zero-order valence-corrected chi connectivity index (χ0v) is 17.6. The fourth-order valence-corrected chi connectivity index (χ4v) is 3.84. The largest absolute Gasteiger partial charge is 0.504 e. The van der Waals surface area contributed by atoms with Gasteiger partial charge in [0.05, 0.1) is 11.1 Å². The lowest BCUT2D eigenvalue weighted by Gasteiger charge is -2.14. The third kappa shape index (κ3) is 4.27. The van der Waals surface area contributed by atoms with Crippen LogP contribution in [0.15, 0.2) is 48.5 Å². The Bertz CT molecular complexity index is 1000. The van der Waals surface area contributed by atoms with E-state index < -0.39 is 34.3 Å². The number of phenols is 1. The van der Waals surface area contributed by atoms with E-state index in [0.717, 1.165) is 24.5 Å². The molecule has 2 saturated carbocycles. The summed E-state index contributed by atoms with van der Waals surface area (Å²) in [5.74, 6) is -3.28. The Hall–Kier alpha value is -3.15. The van der Waals surface area contributed by atoms with Crippen LogP contribution in [0.3, 0.4) is 0 Å². The van der Waals surface area contributed by atoms with Gasteiger partial charge in [0.25, 0.3) is 0 Å². The molecule has 6 heteroatoms. The molecule has 3 aromatic carbocycles. The Morgan fingerprint density at radius 1 is 0.625 bits per heavy atom. The molecule has 3 nitrogen and oxygen atoms in total. The maximum absolute atomic E-state index is 15.0. The lowest BCUT2D eigenvalue weighted by molar-refractivity contribution is 0.419. The second-order valence-electron chi connectivity index (χ2n) is 8.84. The molecule has 166 valence electrons. The van der Waals surface area contributed by atoms with Crippen molar-refractivity contribution < 1.29 is 18.3 Å². The molecule has 3 N–H and O–H groups in total. The number of nitrogens with one attached hydrogen (secondary N) is 2. The Balaban J connectivity index is 1.42. The van der Waals surface area contributed by atoms with Gasteiger partial charge in [0, 0.05) is 24.5 Å². The molecule has 2 aliphatic rings. The standard InChI is InChI=1S/C26H25F3N2O/c27-23-21(17-5-9-19(10-6-17)30-13-15-1-2-15)25(29)26(32)22(24(23)28)18-7-11-20(12-8-18)31-14-16-3-4-16/h5-12,15-16,30-32H,1-4,13-14H2. The number of halogens is 3. The lowest BCUT2D eigenvalue weighted by atomic mass is 9.96. The van der Waals surface area contributed by atoms with Gasteiger partial charge in [0.1, 0.15) is 0 Å². The molecule has 0 heterocycles. The number of phenolic OH excluding ortho intramolecular Hbond substituents is 1. The smallest absolute Gasteiger partial charge is 0.176 e. The molecule has 0 spiro atoms. The molecule has 0 atom stereocenters. The van der Waals surface area contributed by atoms with Crippen LogP contribution in [-0.4, -0.2) is 18.2 Å². The summed E-state index contributed by atoms with van der Waals surface area (Å²) in [5, 5.41) is 17.0. The lowest BCUT2D eigenvalue weighted by Crippen LogP contribution is -2.03. The summed E-state index contributed by atoms with van der Waals surface area (Å²) in [4.78, 5) is 0. The van der Waals surface area contributed by atoms with Gasteiger partial charge in [0.15, 0.2) is 23.2 Å². The second kappa shape index (κ2) is 8.41. The van der Waals surface area contributed by atoms with Crippen LogP contribution in [0.4, 0.5) is 24.5 Å². The molecule has 5 rings (SSSR count). The van der Waals surface area contributed by atoms with Gasteiger partial charge in [-0.15, -0.1) is 0 Å². The van der Waals surface area contributed by atoms with E-state index >= 15 is 8.78 Å². The van der Waals surface area contributed by atoms with Crippen molar-refractivity contribution in [1.82, 2.24) is 0 Å². The number of hydrogen-bond donors (Lipinski definition) is 3. The highest BCUT2D eigenvalue weighted by atomic mass is 19.2. The van der Waals surface area contributed by atoms with Crippen molar-refractivity contribution in [2.45, 2.75) is 25.7 Å². The number of hydrogen-bond acceptors (Lipinski definition) is 3.